The van der Waals surface area contributed by atoms with Gasteiger partial charge in [0, 0.05) is 18.3 Å². The van der Waals surface area contributed by atoms with Crippen molar-refractivity contribution in [2.24, 2.45) is 11.8 Å². The van der Waals surface area contributed by atoms with Crippen molar-refractivity contribution < 1.29 is 0 Å². The van der Waals surface area contributed by atoms with E-state index in [4.69, 9.17) is 0 Å². The van der Waals surface area contributed by atoms with Gasteiger partial charge >= 0.3 is 0 Å². The van der Waals surface area contributed by atoms with Gasteiger partial charge in [0.1, 0.15) is 0 Å². The number of nitrogens with zero attached hydrogens (tertiary/aromatic N) is 1. The molecule has 1 N–H and O–H groups in total. The lowest BCUT2D eigenvalue weighted by molar-refractivity contribution is 0.229. The van der Waals surface area contributed by atoms with Gasteiger partial charge in [0.2, 0.25) is 0 Å². The van der Waals surface area contributed by atoms with Crippen molar-refractivity contribution in [1.82, 2.24) is 5.32 Å². The van der Waals surface area contributed by atoms with E-state index in [0.717, 1.165) is 24.4 Å². The number of rotatable bonds is 5. The summed E-state index contributed by atoms with van der Waals surface area (Å²) < 4.78 is 0. The third kappa shape index (κ3) is 3.26. The van der Waals surface area contributed by atoms with Crippen LogP contribution in [0.15, 0.2) is 18.2 Å². The minimum Gasteiger partial charge on any atom is -0.368 e. The second kappa shape index (κ2) is 6.39. The van der Waals surface area contributed by atoms with Gasteiger partial charge in [-0.3, -0.25) is 0 Å². The molecule has 2 nitrogen and oxygen atoms in total. The molecular weight excluding hydrogens is 256 g/mol. The normalized spacial score (nSPS) is 24.9. The summed E-state index contributed by atoms with van der Waals surface area (Å²) in [5, 5.41) is 3.66. The van der Waals surface area contributed by atoms with Crippen LogP contribution in [-0.4, -0.2) is 25.7 Å². The number of hydrogen-bond donors (Lipinski definition) is 1. The van der Waals surface area contributed by atoms with Crippen LogP contribution in [0, 0.1) is 18.8 Å². The van der Waals surface area contributed by atoms with Crippen molar-refractivity contribution in [2.45, 2.75) is 52.5 Å². The molecule has 3 rings (SSSR count). The van der Waals surface area contributed by atoms with Crippen LogP contribution in [0.1, 0.15) is 44.2 Å². The maximum atomic E-state index is 3.66. The van der Waals surface area contributed by atoms with Crippen molar-refractivity contribution >= 4 is 5.69 Å². The fourth-order valence-electron chi connectivity index (χ4n) is 3.86. The number of hydrogen-bond acceptors (Lipinski definition) is 2. The van der Waals surface area contributed by atoms with Gasteiger partial charge in [-0.2, -0.15) is 0 Å². The second-order valence-corrected chi connectivity index (χ2v) is 7.39. The molecule has 1 aliphatic heterocycles. The van der Waals surface area contributed by atoms with E-state index in [0.29, 0.717) is 0 Å². The van der Waals surface area contributed by atoms with Crippen LogP contribution >= 0.6 is 0 Å². The Bertz CT molecular complexity index is 480. The molecule has 1 aliphatic carbocycles. The van der Waals surface area contributed by atoms with Crippen LogP contribution in [0.5, 0.6) is 0 Å². The lowest BCUT2D eigenvalue weighted by atomic mass is 9.77. The highest BCUT2D eigenvalue weighted by molar-refractivity contribution is 5.58. The van der Waals surface area contributed by atoms with E-state index < -0.39 is 0 Å². The van der Waals surface area contributed by atoms with Crippen LogP contribution in [0.2, 0.25) is 0 Å². The first-order chi connectivity index (χ1) is 10.1. The summed E-state index contributed by atoms with van der Waals surface area (Å²) in [6.45, 7) is 10.4. The van der Waals surface area contributed by atoms with E-state index >= 15 is 0 Å². The van der Waals surface area contributed by atoms with Crippen molar-refractivity contribution in [1.29, 1.82) is 0 Å². The zero-order chi connectivity index (χ0) is 14.8. The lowest BCUT2D eigenvalue weighted by Crippen LogP contribution is -2.52. The molecule has 21 heavy (non-hydrogen) atoms. The first-order valence-corrected chi connectivity index (χ1v) is 8.72. The highest BCUT2D eigenvalue weighted by Crippen LogP contribution is 2.38. The van der Waals surface area contributed by atoms with E-state index in [2.05, 4.69) is 49.2 Å². The third-order valence-corrected chi connectivity index (χ3v) is 5.13. The van der Waals surface area contributed by atoms with Gasteiger partial charge in [0.25, 0.3) is 0 Å². The molecule has 2 aliphatic rings. The molecule has 2 atom stereocenters. The Morgan fingerprint density at radius 2 is 2.14 bits per heavy atom. The Balaban J connectivity index is 1.65. The zero-order valence-corrected chi connectivity index (χ0v) is 13.9. The van der Waals surface area contributed by atoms with Crippen molar-refractivity contribution in [3.05, 3.63) is 29.3 Å². The van der Waals surface area contributed by atoms with E-state index in [1.165, 1.54) is 50.0 Å². The van der Waals surface area contributed by atoms with Crippen LogP contribution in [0.3, 0.4) is 0 Å². The standard InChI is InChI=1S/C19H30N2/c1-14(2)12-20-13-17-7-9-19(17)21-10-4-5-16-11-15(3)6-8-18(16)21/h6,8,11,14,17,19-20H,4-5,7,9-10,12-13H2,1-3H3. The number of nitrogens with one attached hydrogen (secondary N) is 1. The topological polar surface area (TPSA) is 15.3 Å². The molecule has 0 amide bonds. The molecule has 0 spiro atoms. The van der Waals surface area contributed by atoms with Gasteiger partial charge in [-0.1, -0.05) is 31.5 Å². The van der Waals surface area contributed by atoms with Gasteiger partial charge < -0.3 is 10.2 Å². The van der Waals surface area contributed by atoms with Crippen LogP contribution < -0.4 is 10.2 Å². The Kier molecular flexibility index (Phi) is 4.54. The van der Waals surface area contributed by atoms with Gasteiger partial charge in [0.05, 0.1) is 0 Å². The average molecular weight is 286 g/mol. The summed E-state index contributed by atoms with van der Waals surface area (Å²) in [5.74, 6) is 1.60. The predicted molar refractivity (Wildman–Crippen MR) is 91.1 cm³/mol. The maximum Gasteiger partial charge on any atom is 0.0401 e. The molecule has 0 saturated heterocycles. The number of anilines is 1. The van der Waals surface area contributed by atoms with E-state index in [1.807, 2.05) is 0 Å². The lowest BCUT2D eigenvalue weighted by Gasteiger charge is -2.48. The van der Waals surface area contributed by atoms with Gasteiger partial charge in [-0.25, -0.2) is 0 Å². The van der Waals surface area contributed by atoms with E-state index in [9.17, 15) is 0 Å². The summed E-state index contributed by atoms with van der Waals surface area (Å²) in [6.07, 6.45) is 5.35. The molecule has 1 saturated carbocycles. The van der Waals surface area contributed by atoms with Gasteiger partial charge in [0.15, 0.2) is 0 Å². The fraction of sp³-hybridized carbons (Fsp3) is 0.684. The molecule has 0 bridgehead atoms. The number of fused-ring (bicyclic) bond motifs is 1. The Hall–Kier alpha value is -1.02. The third-order valence-electron chi connectivity index (χ3n) is 5.13. The molecule has 0 aromatic heterocycles. The summed E-state index contributed by atoms with van der Waals surface area (Å²) in [7, 11) is 0. The largest absolute Gasteiger partial charge is 0.368 e. The minimum absolute atomic E-state index is 0.752. The Morgan fingerprint density at radius 3 is 2.86 bits per heavy atom. The molecule has 116 valence electrons. The van der Waals surface area contributed by atoms with Crippen molar-refractivity contribution in [3.8, 4) is 0 Å². The predicted octanol–water partition coefficient (Wildman–Crippen LogP) is 3.77. The highest BCUT2D eigenvalue weighted by atomic mass is 15.2. The van der Waals surface area contributed by atoms with Gasteiger partial charge in [-0.05, 0) is 69.2 Å². The fourth-order valence-corrected chi connectivity index (χ4v) is 3.86. The summed E-state index contributed by atoms with van der Waals surface area (Å²) >= 11 is 0. The van der Waals surface area contributed by atoms with E-state index in [-0.39, 0.29) is 0 Å². The van der Waals surface area contributed by atoms with Crippen molar-refractivity contribution in [3.63, 3.8) is 0 Å². The molecule has 1 aromatic rings. The average Bonchev–Trinajstić information content (AvgIpc) is 2.42. The van der Waals surface area contributed by atoms with Crippen LogP contribution in [0.25, 0.3) is 0 Å². The summed E-state index contributed by atoms with van der Waals surface area (Å²) in [6, 6.07) is 7.81. The molecule has 0 radical (unpaired) electrons. The SMILES string of the molecule is Cc1ccc2c(c1)CCCN2C1CCC1CNCC(C)C. The number of benzene rings is 1. The second-order valence-electron chi connectivity index (χ2n) is 7.39. The first-order valence-electron chi connectivity index (χ1n) is 8.72. The number of aryl methyl sites for hydroxylation is 2. The van der Waals surface area contributed by atoms with Crippen LogP contribution in [0.4, 0.5) is 5.69 Å². The molecule has 2 heteroatoms. The van der Waals surface area contributed by atoms with Crippen LogP contribution in [-0.2, 0) is 6.42 Å². The minimum atomic E-state index is 0.752. The molecule has 2 unspecified atom stereocenters. The summed E-state index contributed by atoms with van der Waals surface area (Å²) in [5.41, 5.74) is 4.49. The molecule has 1 fully saturated rings. The first kappa shape index (κ1) is 14.9. The highest BCUT2D eigenvalue weighted by Gasteiger charge is 2.36. The van der Waals surface area contributed by atoms with Gasteiger partial charge in [-0.15, -0.1) is 0 Å². The molecule has 1 heterocycles. The zero-order valence-electron chi connectivity index (χ0n) is 13.9. The molecular formula is C19H30N2. The molecule has 1 aromatic carbocycles. The maximum absolute atomic E-state index is 3.66. The monoisotopic (exact) mass is 286 g/mol. The smallest absolute Gasteiger partial charge is 0.0401 e. The van der Waals surface area contributed by atoms with E-state index in [1.54, 1.807) is 5.56 Å². The van der Waals surface area contributed by atoms with Crippen molar-refractivity contribution in [2.75, 3.05) is 24.5 Å². The Morgan fingerprint density at radius 1 is 1.29 bits per heavy atom. The summed E-state index contributed by atoms with van der Waals surface area (Å²) in [4.78, 5) is 2.71. The quantitative estimate of drug-likeness (QED) is 0.886. The Labute approximate surface area is 129 Å².